The van der Waals surface area contributed by atoms with Crippen LogP contribution in [0.25, 0.3) is 0 Å². The summed E-state index contributed by atoms with van der Waals surface area (Å²) in [5, 5.41) is 3.11. The number of imidazole rings is 1. The Hall–Kier alpha value is -1.98. The average molecular weight is 375 g/mol. The molecule has 1 atom stereocenters. The van der Waals surface area contributed by atoms with Gasteiger partial charge in [0.25, 0.3) is 0 Å². The second-order valence-corrected chi connectivity index (χ2v) is 7.50. The highest BCUT2D eigenvalue weighted by atomic mass is 32.2. The molecule has 0 spiro atoms. The molecule has 2 aromatic heterocycles. The summed E-state index contributed by atoms with van der Waals surface area (Å²) in [6.07, 6.45) is -0.606. The van der Waals surface area contributed by atoms with Gasteiger partial charge in [0.2, 0.25) is 10.0 Å². The van der Waals surface area contributed by atoms with Crippen molar-refractivity contribution in [2.45, 2.75) is 17.1 Å². The molecule has 1 N–H and O–H groups in total. The van der Waals surface area contributed by atoms with Gasteiger partial charge in [-0.05, 0) is 12.1 Å². The van der Waals surface area contributed by atoms with Crippen molar-refractivity contribution in [1.29, 1.82) is 0 Å². The van der Waals surface area contributed by atoms with E-state index in [9.17, 15) is 21.6 Å². The Morgan fingerprint density at radius 3 is 2.60 bits per heavy atom. The van der Waals surface area contributed by atoms with Gasteiger partial charge in [-0.1, -0.05) is 0 Å². The Labute approximate surface area is 142 Å². The van der Waals surface area contributed by atoms with Crippen LogP contribution in [0.3, 0.4) is 0 Å². The fourth-order valence-corrected chi connectivity index (χ4v) is 4.26. The Morgan fingerprint density at radius 1 is 1.28 bits per heavy atom. The summed E-state index contributed by atoms with van der Waals surface area (Å²) in [4.78, 5) is 7.17. The summed E-state index contributed by atoms with van der Waals surface area (Å²) in [6, 6.07) is 1.05. The number of sulfonamides is 1. The lowest BCUT2D eigenvalue weighted by atomic mass is 10.2. The molecular formula is C14H16F3N5O2S. The maximum Gasteiger partial charge on any atom is 0.433 e. The van der Waals surface area contributed by atoms with Gasteiger partial charge in [0.15, 0.2) is 0 Å². The van der Waals surface area contributed by atoms with Gasteiger partial charge in [-0.25, -0.2) is 13.4 Å². The molecule has 3 rings (SSSR count). The van der Waals surface area contributed by atoms with E-state index in [4.69, 9.17) is 0 Å². The summed E-state index contributed by atoms with van der Waals surface area (Å²) in [6.45, 7) is 0.979. The highest BCUT2D eigenvalue weighted by Crippen LogP contribution is 2.30. The number of aromatic nitrogens is 3. The molecule has 11 heteroatoms. The molecule has 0 amide bonds. The minimum Gasteiger partial charge on any atom is -0.337 e. The highest BCUT2D eigenvalue weighted by Gasteiger charge is 2.37. The minimum atomic E-state index is -4.62. The van der Waals surface area contributed by atoms with Gasteiger partial charge in [0.05, 0.1) is 6.04 Å². The lowest BCUT2D eigenvalue weighted by Gasteiger charge is -2.34. The summed E-state index contributed by atoms with van der Waals surface area (Å²) in [5.74, 6) is 0.552. The number of alkyl halides is 3. The van der Waals surface area contributed by atoms with Gasteiger partial charge in [0, 0.05) is 45.3 Å². The zero-order valence-corrected chi connectivity index (χ0v) is 14.0. The quantitative estimate of drug-likeness (QED) is 0.871. The lowest BCUT2D eigenvalue weighted by Crippen LogP contribution is -2.49. The molecule has 0 saturated carbocycles. The van der Waals surface area contributed by atoms with E-state index < -0.39 is 27.9 Å². The third-order valence-corrected chi connectivity index (χ3v) is 5.88. The average Bonchev–Trinajstić information content (AvgIpc) is 3.00. The van der Waals surface area contributed by atoms with E-state index >= 15 is 0 Å². The summed E-state index contributed by atoms with van der Waals surface area (Å²) >= 11 is 0. The Kier molecular flexibility index (Phi) is 4.56. The second kappa shape index (κ2) is 6.39. The Balaban J connectivity index is 1.96. The maximum absolute atomic E-state index is 12.9. The van der Waals surface area contributed by atoms with E-state index in [-0.39, 0.29) is 11.4 Å². The van der Waals surface area contributed by atoms with Crippen LogP contribution in [0.15, 0.2) is 35.6 Å². The number of rotatable bonds is 3. The zero-order valence-electron chi connectivity index (χ0n) is 13.2. The summed E-state index contributed by atoms with van der Waals surface area (Å²) in [7, 11) is -2.25. The van der Waals surface area contributed by atoms with Crippen molar-refractivity contribution < 1.29 is 21.6 Å². The van der Waals surface area contributed by atoms with Crippen molar-refractivity contribution in [3.8, 4) is 0 Å². The van der Waals surface area contributed by atoms with E-state index in [0.717, 1.165) is 12.3 Å². The fourth-order valence-electron chi connectivity index (χ4n) is 2.73. The molecule has 0 aliphatic carbocycles. The van der Waals surface area contributed by atoms with Crippen LogP contribution in [0.4, 0.5) is 13.2 Å². The highest BCUT2D eigenvalue weighted by molar-refractivity contribution is 7.89. The van der Waals surface area contributed by atoms with Gasteiger partial charge < -0.3 is 9.88 Å². The molecule has 0 radical (unpaired) electrons. The van der Waals surface area contributed by atoms with E-state index in [1.807, 2.05) is 0 Å². The van der Waals surface area contributed by atoms with Crippen molar-refractivity contribution in [3.05, 3.63) is 42.2 Å². The Bertz CT molecular complexity index is 848. The third-order valence-electron chi connectivity index (χ3n) is 3.98. The molecule has 1 unspecified atom stereocenters. The number of nitrogens with one attached hydrogen (secondary N) is 1. The largest absolute Gasteiger partial charge is 0.433 e. The molecule has 1 aliphatic rings. The van der Waals surface area contributed by atoms with E-state index in [0.29, 0.717) is 25.0 Å². The number of hydrogen-bond acceptors (Lipinski definition) is 5. The van der Waals surface area contributed by atoms with Crippen LogP contribution in [0.2, 0.25) is 0 Å². The first kappa shape index (κ1) is 17.8. The van der Waals surface area contributed by atoms with Gasteiger partial charge in [-0.2, -0.15) is 17.5 Å². The van der Waals surface area contributed by atoms with Crippen molar-refractivity contribution in [3.63, 3.8) is 0 Å². The van der Waals surface area contributed by atoms with Crippen molar-refractivity contribution in [2.24, 2.45) is 7.05 Å². The van der Waals surface area contributed by atoms with Crippen molar-refractivity contribution in [1.82, 2.24) is 24.2 Å². The zero-order chi connectivity index (χ0) is 18.2. The molecule has 1 saturated heterocycles. The van der Waals surface area contributed by atoms with Crippen molar-refractivity contribution >= 4 is 10.0 Å². The van der Waals surface area contributed by atoms with Crippen LogP contribution < -0.4 is 5.32 Å². The molecule has 2 aromatic rings. The number of halogens is 3. The number of hydrogen-bond donors (Lipinski definition) is 1. The SMILES string of the molecule is Cn1ccnc1C1CNCCN1S(=O)(=O)c1ccc(C(F)(F)F)nc1. The van der Waals surface area contributed by atoms with Gasteiger partial charge in [0.1, 0.15) is 16.4 Å². The molecule has 0 bridgehead atoms. The molecule has 136 valence electrons. The summed E-state index contributed by atoms with van der Waals surface area (Å²) < 4.78 is 66.6. The van der Waals surface area contributed by atoms with Crippen LogP contribution in [0.5, 0.6) is 0 Å². The summed E-state index contributed by atoms with van der Waals surface area (Å²) in [5.41, 5.74) is -1.13. The topological polar surface area (TPSA) is 80.1 Å². The molecular weight excluding hydrogens is 359 g/mol. The number of pyridine rings is 1. The normalized spacial score (nSPS) is 19.9. The van der Waals surface area contributed by atoms with Crippen LogP contribution in [-0.4, -0.2) is 46.9 Å². The lowest BCUT2D eigenvalue weighted by molar-refractivity contribution is -0.141. The van der Waals surface area contributed by atoms with E-state index in [1.54, 1.807) is 24.0 Å². The predicted octanol–water partition coefficient (Wildman–Crippen LogP) is 1.17. The minimum absolute atomic E-state index is 0.181. The van der Waals surface area contributed by atoms with Crippen LogP contribution in [-0.2, 0) is 23.2 Å². The first-order valence-electron chi connectivity index (χ1n) is 7.44. The van der Waals surface area contributed by atoms with Crippen LogP contribution in [0, 0.1) is 0 Å². The van der Waals surface area contributed by atoms with Gasteiger partial charge in [-0.3, -0.25) is 4.98 Å². The Morgan fingerprint density at radius 2 is 2.04 bits per heavy atom. The number of nitrogens with zero attached hydrogens (tertiary/aromatic N) is 4. The second-order valence-electron chi connectivity index (χ2n) is 5.61. The number of aryl methyl sites for hydroxylation is 1. The first-order chi connectivity index (χ1) is 11.7. The molecule has 3 heterocycles. The van der Waals surface area contributed by atoms with Crippen molar-refractivity contribution in [2.75, 3.05) is 19.6 Å². The third kappa shape index (κ3) is 3.39. The van der Waals surface area contributed by atoms with Gasteiger partial charge >= 0.3 is 6.18 Å². The molecule has 1 fully saturated rings. The predicted molar refractivity (Wildman–Crippen MR) is 81.9 cm³/mol. The van der Waals surface area contributed by atoms with Gasteiger partial charge in [-0.15, -0.1) is 0 Å². The maximum atomic E-state index is 12.9. The van der Waals surface area contributed by atoms with E-state index in [2.05, 4.69) is 15.3 Å². The standard InChI is InChI=1S/C14H16F3N5O2S/c1-21-6-5-19-13(21)11-9-18-4-7-22(11)25(23,24)10-2-3-12(20-8-10)14(15,16)17/h2-3,5-6,8,11,18H,4,7,9H2,1H3. The fraction of sp³-hybridized carbons (Fsp3) is 0.429. The number of piperazine rings is 1. The van der Waals surface area contributed by atoms with Crippen LogP contribution in [0.1, 0.15) is 17.6 Å². The first-order valence-corrected chi connectivity index (χ1v) is 8.88. The monoisotopic (exact) mass is 375 g/mol. The smallest absolute Gasteiger partial charge is 0.337 e. The van der Waals surface area contributed by atoms with E-state index in [1.165, 1.54) is 4.31 Å². The molecule has 1 aliphatic heterocycles. The molecule has 0 aromatic carbocycles. The molecule has 7 nitrogen and oxygen atoms in total. The van der Waals surface area contributed by atoms with Crippen LogP contribution >= 0.6 is 0 Å². The molecule has 25 heavy (non-hydrogen) atoms.